The minimum absolute atomic E-state index is 0.609. The maximum atomic E-state index is 4.89. The Kier molecular flexibility index (Phi) is 0.745. The number of hydrogen-bond acceptors (Lipinski definition) is 3. The van der Waals surface area contributed by atoms with Gasteiger partial charge in [0.1, 0.15) is 0 Å². The zero-order chi connectivity index (χ0) is 6.10. The van der Waals surface area contributed by atoms with Crippen LogP contribution in [-0.4, -0.2) is 9.97 Å². The number of aromatic nitrogens is 3. The van der Waals surface area contributed by atoms with Crippen molar-refractivity contribution in [2.24, 2.45) is 0 Å². The number of H-pyrrole nitrogens is 1. The van der Waals surface area contributed by atoms with Crippen molar-refractivity contribution < 1.29 is 9.40 Å². The van der Waals surface area contributed by atoms with Crippen LogP contribution in [0.15, 0.2) is 23.2 Å². The van der Waals surface area contributed by atoms with E-state index < -0.39 is 0 Å². The second kappa shape index (κ2) is 1.51. The first-order valence-electron chi connectivity index (χ1n) is 2.53. The molecule has 0 aliphatic heterocycles. The van der Waals surface area contributed by atoms with Gasteiger partial charge in [0.15, 0.2) is 12.6 Å². The van der Waals surface area contributed by atoms with E-state index in [4.69, 9.17) is 4.42 Å². The minimum Gasteiger partial charge on any atom is -0.390 e. The Morgan fingerprint density at radius 1 is 1.44 bits per heavy atom. The van der Waals surface area contributed by atoms with Crippen LogP contribution in [0.4, 0.5) is 0 Å². The van der Waals surface area contributed by atoms with Gasteiger partial charge in [0.2, 0.25) is 0 Å². The van der Waals surface area contributed by atoms with Gasteiger partial charge in [-0.3, -0.25) is 0 Å². The summed E-state index contributed by atoms with van der Waals surface area (Å²) < 4.78 is 4.89. The average molecular weight is 122 g/mol. The smallest absolute Gasteiger partial charge is 0.390 e. The maximum Gasteiger partial charge on any atom is 0.419 e. The van der Waals surface area contributed by atoms with Gasteiger partial charge in [-0.2, -0.15) is 9.97 Å². The SMILES string of the molecule is c1c[nH+]c2ocnc2n1. The molecule has 0 aromatic carbocycles. The van der Waals surface area contributed by atoms with Gasteiger partial charge in [-0.25, -0.2) is 4.98 Å². The van der Waals surface area contributed by atoms with Gasteiger partial charge in [0.25, 0.3) is 5.65 Å². The Bertz CT molecular complexity index is 286. The van der Waals surface area contributed by atoms with E-state index in [9.17, 15) is 0 Å². The predicted molar refractivity (Wildman–Crippen MR) is 28.4 cm³/mol. The van der Waals surface area contributed by atoms with Crippen molar-refractivity contribution in [1.29, 1.82) is 0 Å². The van der Waals surface area contributed by atoms with Gasteiger partial charge < -0.3 is 4.42 Å². The van der Waals surface area contributed by atoms with Crippen LogP contribution in [-0.2, 0) is 0 Å². The van der Waals surface area contributed by atoms with E-state index in [-0.39, 0.29) is 0 Å². The number of nitrogens with zero attached hydrogens (tertiary/aromatic N) is 2. The lowest BCUT2D eigenvalue weighted by Crippen LogP contribution is -2.00. The Morgan fingerprint density at radius 3 is 3.33 bits per heavy atom. The number of oxazole rings is 1. The molecule has 0 aliphatic carbocycles. The summed E-state index contributed by atoms with van der Waals surface area (Å²) in [6.45, 7) is 0. The zero-order valence-corrected chi connectivity index (χ0v) is 4.53. The van der Waals surface area contributed by atoms with E-state index in [1.807, 2.05) is 0 Å². The molecule has 0 fully saturated rings. The van der Waals surface area contributed by atoms with Crippen molar-refractivity contribution in [3.05, 3.63) is 18.8 Å². The van der Waals surface area contributed by atoms with Crippen molar-refractivity contribution in [1.82, 2.24) is 9.97 Å². The summed E-state index contributed by atoms with van der Waals surface area (Å²) in [6, 6.07) is 0. The molecule has 0 radical (unpaired) electrons. The summed E-state index contributed by atoms with van der Waals surface area (Å²) in [4.78, 5) is 10.6. The van der Waals surface area contributed by atoms with E-state index >= 15 is 0 Å². The molecular weight excluding hydrogens is 118 g/mol. The summed E-state index contributed by atoms with van der Waals surface area (Å²) in [5.41, 5.74) is 1.22. The molecule has 4 nitrogen and oxygen atoms in total. The number of rotatable bonds is 0. The summed E-state index contributed by atoms with van der Waals surface area (Å²) >= 11 is 0. The number of nitrogens with one attached hydrogen (secondary N) is 1. The number of aromatic amines is 1. The van der Waals surface area contributed by atoms with E-state index in [0.717, 1.165) is 0 Å². The molecule has 0 unspecified atom stereocenters. The van der Waals surface area contributed by atoms with Crippen LogP contribution in [0, 0.1) is 0 Å². The van der Waals surface area contributed by atoms with Crippen molar-refractivity contribution >= 4 is 11.4 Å². The topological polar surface area (TPSA) is 53.1 Å². The first-order chi connectivity index (χ1) is 4.47. The highest BCUT2D eigenvalue weighted by Crippen LogP contribution is 1.97. The first kappa shape index (κ1) is 4.43. The van der Waals surface area contributed by atoms with E-state index in [1.165, 1.54) is 6.39 Å². The minimum atomic E-state index is 0.609. The second-order valence-corrected chi connectivity index (χ2v) is 1.59. The highest BCUT2D eigenvalue weighted by Gasteiger charge is 2.02. The molecule has 44 valence electrons. The van der Waals surface area contributed by atoms with Crippen molar-refractivity contribution in [2.75, 3.05) is 0 Å². The molecule has 2 aromatic heterocycles. The fourth-order valence-electron chi connectivity index (χ4n) is 0.652. The lowest BCUT2D eigenvalue weighted by atomic mass is 10.7. The number of hydrogen-bond donors (Lipinski definition) is 0. The van der Waals surface area contributed by atoms with Crippen LogP contribution < -0.4 is 4.98 Å². The fraction of sp³-hybridized carbons (Fsp3) is 0. The molecule has 0 spiro atoms. The fourth-order valence-corrected chi connectivity index (χ4v) is 0.652. The summed E-state index contributed by atoms with van der Waals surface area (Å²) in [7, 11) is 0. The van der Waals surface area contributed by atoms with E-state index in [1.54, 1.807) is 12.4 Å². The third-order valence-electron chi connectivity index (χ3n) is 1.03. The predicted octanol–water partition coefficient (Wildman–Crippen LogP) is 0.0369. The van der Waals surface area contributed by atoms with Crippen molar-refractivity contribution in [3.8, 4) is 0 Å². The first-order valence-corrected chi connectivity index (χ1v) is 2.53. The molecule has 0 aliphatic rings. The summed E-state index contributed by atoms with van der Waals surface area (Å²) in [5, 5.41) is 0. The van der Waals surface area contributed by atoms with Crippen LogP contribution in [0.5, 0.6) is 0 Å². The molecule has 0 amide bonds. The van der Waals surface area contributed by atoms with Gasteiger partial charge in [0.05, 0.1) is 6.20 Å². The van der Waals surface area contributed by atoms with E-state index in [2.05, 4.69) is 15.0 Å². The highest BCUT2D eigenvalue weighted by atomic mass is 16.3. The monoisotopic (exact) mass is 122 g/mol. The zero-order valence-electron chi connectivity index (χ0n) is 4.53. The maximum absolute atomic E-state index is 4.89. The van der Waals surface area contributed by atoms with Crippen LogP contribution >= 0.6 is 0 Å². The lowest BCUT2D eigenvalue weighted by Gasteiger charge is -1.71. The van der Waals surface area contributed by atoms with Crippen LogP contribution in [0.25, 0.3) is 11.4 Å². The second-order valence-electron chi connectivity index (χ2n) is 1.59. The quantitative estimate of drug-likeness (QED) is 0.495. The molecule has 4 heteroatoms. The van der Waals surface area contributed by atoms with Crippen LogP contribution in [0.1, 0.15) is 0 Å². The van der Waals surface area contributed by atoms with Crippen molar-refractivity contribution in [2.45, 2.75) is 0 Å². The highest BCUT2D eigenvalue weighted by molar-refractivity contribution is 5.56. The molecule has 9 heavy (non-hydrogen) atoms. The normalized spacial score (nSPS) is 10.2. The molecule has 0 saturated carbocycles. The third kappa shape index (κ3) is 0.561. The molecular formula is C5H4N3O+. The molecule has 0 bridgehead atoms. The average Bonchev–Trinajstić information content (AvgIpc) is 2.33. The third-order valence-corrected chi connectivity index (χ3v) is 1.03. The summed E-state index contributed by atoms with van der Waals surface area (Å²) in [6.07, 6.45) is 4.67. The Hall–Kier alpha value is -1.45. The van der Waals surface area contributed by atoms with Gasteiger partial charge in [0, 0.05) is 0 Å². The Labute approximate surface area is 50.6 Å². The van der Waals surface area contributed by atoms with Crippen molar-refractivity contribution in [3.63, 3.8) is 0 Å². The molecule has 0 saturated heterocycles. The molecule has 0 atom stereocenters. The Balaban J connectivity index is 2.95. The van der Waals surface area contributed by atoms with E-state index in [0.29, 0.717) is 11.4 Å². The van der Waals surface area contributed by atoms with Gasteiger partial charge in [-0.05, 0) is 0 Å². The van der Waals surface area contributed by atoms with Crippen LogP contribution in [0.2, 0.25) is 0 Å². The number of fused-ring (bicyclic) bond motifs is 1. The molecule has 2 aromatic rings. The van der Waals surface area contributed by atoms with Gasteiger partial charge >= 0.3 is 5.71 Å². The standard InChI is InChI=1S/C5H3N3O/c1-2-7-5-4(6-1)8-3-9-5/h1-3H/p+1. The van der Waals surface area contributed by atoms with Gasteiger partial charge in [-0.15, -0.1) is 0 Å². The largest absolute Gasteiger partial charge is 0.419 e. The van der Waals surface area contributed by atoms with Crippen LogP contribution in [0.3, 0.4) is 0 Å². The molecule has 2 heterocycles. The van der Waals surface area contributed by atoms with Gasteiger partial charge in [-0.1, -0.05) is 0 Å². The lowest BCUT2D eigenvalue weighted by molar-refractivity contribution is -0.356. The summed E-state index contributed by atoms with van der Waals surface area (Å²) in [5.74, 6) is 0. The molecule has 2 rings (SSSR count). The Morgan fingerprint density at radius 2 is 2.44 bits per heavy atom. The molecule has 1 N–H and O–H groups in total.